The smallest absolute Gasteiger partial charge is 0.218 e. The number of benzene rings is 2. The van der Waals surface area contributed by atoms with Crippen LogP contribution >= 0.6 is 11.3 Å². The number of nitrogens with zero attached hydrogens (tertiary/aromatic N) is 3. The summed E-state index contributed by atoms with van der Waals surface area (Å²) in [5.74, 6) is -0.387. The Labute approximate surface area is 127 Å². The van der Waals surface area contributed by atoms with Gasteiger partial charge in [0.2, 0.25) is 5.88 Å². The average molecular weight is 312 g/mol. The molecule has 7 heteroatoms. The molecule has 2 heterocycles. The average Bonchev–Trinajstić information content (AvgIpc) is 3.10. The van der Waals surface area contributed by atoms with Gasteiger partial charge in [-0.1, -0.05) is 0 Å². The van der Waals surface area contributed by atoms with E-state index < -0.39 is 0 Å². The van der Waals surface area contributed by atoms with Crippen LogP contribution in [0.15, 0.2) is 52.1 Å². The quantitative estimate of drug-likeness (QED) is 0.509. The summed E-state index contributed by atoms with van der Waals surface area (Å²) in [6, 6.07) is 9.38. The van der Waals surface area contributed by atoms with Crippen LogP contribution in [0.5, 0.6) is 5.88 Å². The summed E-state index contributed by atoms with van der Waals surface area (Å²) in [5, 5.41) is 19.0. The summed E-state index contributed by atoms with van der Waals surface area (Å²) in [5.41, 5.74) is 4.22. The Hall–Kier alpha value is -2.80. The van der Waals surface area contributed by atoms with Gasteiger partial charge in [-0.15, -0.1) is 16.5 Å². The minimum atomic E-state index is -0.333. The molecule has 4 rings (SSSR count). The van der Waals surface area contributed by atoms with Gasteiger partial charge in [0.15, 0.2) is 5.69 Å². The minimum absolute atomic E-state index is 0.0539. The third-order valence-corrected chi connectivity index (χ3v) is 4.17. The van der Waals surface area contributed by atoms with Gasteiger partial charge in [0.1, 0.15) is 5.82 Å². The monoisotopic (exact) mass is 312 g/mol. The van der Waals surface area contributed by atoms with Crippen molar-refractivity contribution in [2.24, 2.45) is 10.2 Å². The molecular weight excluding hydrogens is 303 g/mol. The Morgan fingerprint density at radius 1 is 1.09 bits per heavy atom. The van der Waals surface area contributed by atoms with E-state index in [-0.39, 0.29) is 11.7 Å². The molecule has 0 aliphatic heterocycles. The fraction of sp³-hybridized carbons (Fsp3) is 0. The minimum Gasteiger partial charge on any atom is -0.493 e. The van der Waals surface area contributed by atoms with E-state index in [1.165, 1.54) is 35.6 Å². The van der Waals surface area contributed by atoms with Crippen molar-refractivity contribution in [2.75, 3.05) is 0 Å². The van der Waals surface area contributed by atoms with E-state index in [0.717, 1.165) is 21.1 Å². The van der Waals surface area contributed by atoms with E-state index in [0.29, 0.717) is 11.4 Å². The molecule has 2 aromatic heterocycles. The van der Waals surface area contributed by atoms with Crippen LogP contribution < -0.4 is 0 Å². The van der Waals surface area contributed by atoms with Gasteiger partial charge in [0.05, 0.1) is 32.3 Å². The molecule has 4 aromatic rings. The Balaban J connectivity index is 1.88. The number of nitrogens with one attached hydrogen (secondary N) is 1. The first kappa shape index (κ1) is 12.9. The van der Waals surface area contributed by atoms with Crippen LogP contribution in [0.25, 0.3) is 21.1 Å². The van der Waals surface area contributed by atoms with Crippen molar-refractivity contribution in [1.82, 2.24) is 9.97 Å². The molecule has 0 aliphatic rings. The van der Waals surface area contributed by atoms with Gasteiger partial charge < -0.3 is 10.1 Å². The molecule has 0 bridgehead atoms. The number of fused-ring (bicyclic) bond motifs is 3. The Bertz CT molecular complexity index is 1000. The van der Waals surface area contributed by atoms with Crippen LogP contribution in [-0.4, -0.2) is 15.1 Å². The molecule has 0 unspecified atom stereocenters. The molecule has 5 nitrogen and oxygen atoms in total. The molecule has 2 N–H and O–H groups in total. The van der Waals surface area contributed by atoms with Gasteiger partial charge in [-0.3, -0.25) is 0 Å². The highest BCUT2D eigenvalue weighted by Crippen LogP contribution is 2.41. The number of aromatic nitrogens is 2. The maximum atomic E-state index is 12.9. The number of H-pyrrole nitrogens is 1. The van der Waals surface area contributed by atoms with Crippen molar-refractivity contribution in [3.05, 3.63) is 47.7 Å². The van der Waals surface area contributed by atoms with Crippen LogP contribution in [0.4, 0.5) is 15.8 Å². The van der Waals surface area contributed by atoms with Crippen LogP contribution in [-0.2, 0) is 0 Å². The lowest BCUT2D eigenvalue weighted by Crippen LogP contribution is -1.70. The van der Waals surface area contributed by atoms with E-state index in [4.69, 9.17) is 0 Å². The van der Waals surface area contributed by atoms with Gasteiger partial charge >= 0.3 is 0 Å². The molecule has 108 valence electrons. The molecule has 0 fully saturated rings. The van der Waals surface area contributed by atoms with Crippen molar-refractivity contribution >= 4 is 43.8 Å². The van der Waals surface area contributed by atoms with Crippen LogP contribution in [0.2, 0.25) is 0 Å². The van der Waals surface area contributed by atoms with Gasteiger partial charge in [-0.2, -0.15) is 5.11 Å². The van der Waals surface area contributed by atoms with Crippen molar-refractivity contribution in [2.45, 2.75) is 0 Å². The second kappa shape index (κ2) is 4.88. The Morgan fingerprint density at radius 2 is 1.91 bits per heavy atom. The van der Waals surface area contributed by atoms with Gasteiger partial charge in [0, 0.05) is 0 Å². The van der Waals surface area contributed by atoms with Crippen LogP contribution in [0.1, 0.15) is 0 Å². The van der Waals surface area contributed by atoms with Crippen LogP contribution in [0.3, 0.4) is 0 Å². The van der Waals surface area contributed by atoms with E-state index in [1.807, 2.05) is 12.1 Å². The molecule has 2 aromatic carbocycles. The standard InChI is InChI=1S/C15H9FN4OS/c16-8-1-3-9(4-2-8)19-20-13-12-10(18-15(13)21)5-6-11-14(12)22-7-17-11/h1-7,18,21H. The number of aromatic hydroxyl groups is 1. The second-order valence-corrected chi connectivity index (χ2v) is 5.54. The zero-order chi connectivity index (χ0) is 15.1. The van der Waals surface area contributed by atoms with E-state index >= 15 is 0 Å². The first-order valence-electron chi connectivity index (χ1n) is 6.46. The maximum Gasteiger partial charge on any atom is 0.218 e. The molecule has 0 atom stereocenters. The first-order chi connectivity index (χ1) is 10.7. The topological polar surface area (TPSA) is 73.6 Å². The summed E-state index contributed by atoms with van der Waals surface area (Å²) < 4.78 is 13.8. The Morgan fingerprint density at radius 3 is 2.73 bits per heavy atom. The van der Waals surface area contributed by atoms with E-state index in [2.05, 4.69) is 20.2 Å². The largest absolute Gasteiger partial charge is 0.493 e. The lowest BCUT2D eigenvalue weighted by atomic mass is 10.2. The fourth-order valence-corrected chi connectivity index (χ4v) is 3.12. The van der Waals surface area contributed by atoms with Gasteiger partial charge in [-0.05, 0) is 36.4 Å². The number of hydrogen-bond donors (Lipinski definition) is 2. The molecule has 0 amide bonds. The van der Waals surface area contributed by atoms with Crippen molar-refractivity contribution < 1.29 is 9.50 Å². The number of aromatic amines is 1. The molecule has 22 heavy (non-hydrogen) atoms. The first-order valence-corrected chi connectivity index (χ1v) is 7.34. The molecular formula is C15H9FN4OS. The normalized spacial score (nSPS) is 11.9. The highest BCUT2D eigenvalue weighted by molar-refractivity contribution is 7.17. The number of azo groups is 1. The Kier molecular flexibility index (Phi) is 2.87. The maximum absolute atomic E-state index is 12.9. The van der Waals surface area contributed by atoms with Gasteiger partial charge in [-0.25, -0.2) is 9.37 Å². The second-order valence-electron chi connectivity index (χ2n) is 4.69. The summed E-state index contributed by atoms with van der Waals surface area (Å²) >= 11 is 1.47. The molecule has 0 aliphatic carbocycles. The van der Waals surface area contributed by atoms with E-state index in [9.17, 15) is 9.50 Å². The lowest BCUT2D eigenvalue weighted by Gasteiger charge is -1.94. The van der Waals surface area contributed by atoms with Crippen molar-refractivity contribution in [1.29, 1.82) is 0 Å². The predicted octanol–water partition coefficient (Wildman–Crippen LogP) is 5.04. The number of halogens is 1. The van der Waals surface area contributed by atoms with Crippen molar-refractivity contribution in [3.63, 3.8) is 0 Å². The molecule has 0 saturated carbocycles. The molecule has 0 spiro atoms. The zero-order valence-corrected chi connectivity index (χ0v) is 11.9. The summed E-state index contributed by atoms with van der Waals surface area (Å²) in [6.45, 7) is 0. The number of rotatable bonds is 2. The fourth-order valence-electron chi connectivity index (χ4n) is 2.29. The predicted molar refractivity (Wildman–Crippen MR) is 83.7 cm³/mol. The lowest BCUT2D eigenvalue weighted by molar-refractivity contribution is 0.459. The summed E-state index contributed by atoms with van der Waals surface area (Å²) in [6.07, 6.45) is 0. The summed E-state index contributed by atoms with van der Waals surface area (Å²) in [7, 11) is 0. The SMILES string of the molecule is Oc1[nH]c2ccc3ncsc3c2c1N=Nc1ccc(F)cc1. The third-order valence-electron chi connectivity index (χ3n) is 3.31. The van der Waals surface area contributed by atoms with E-state index in [1.54, 1.807) is 5.51 Å². The highest BCUT2D eigenvalue weighted by Gasteiger charge is 2.14. The third kappa shape index (κ3) is 2.03. The van der Waals surface area contributed by atoms with Crippen molar-refractivity contribution in [3.8, 4) is 5.88 Å². The number of hydrogen-bond acceptors (Lipinski definition) is 5. The number of thiazole rings is 1. The molecule has 0 saturated heterocycles. The highest BCUT2D eigenvalue weighted by atomic mass is 32.1. The summed E-state index contributed by atoms with van der Waals surface area (Å²) in [4.78, 5) is 7.13. The van der Waals surface area contributed by atoms with Crippen LogP contribution in [0, 0.1) is 5.82 Å². The molecule has 0 radical (unpaired) electrons. The van der Waals surface area contributed by atoms with Gasteiger partial charge in [0.25, 0.3) is 0 Å². The zero-order valence-electron chi connectivity index (χ0n) is 11.1.